The van der Waals surface area contributed by atoms with Gasteiger partial charge < -0.3 is 16.7 Å². The van der Waals surface area contributed by atoms with Crippen molar-refractivity contribution in [1.29, 1.82) is 0 Å². The van der Waals surface area contributed by atoms with Gasteiger partial charge in [0.25, 0.3) is 0 Å². The van der Waals surface area contributed by atoms with Crippen LogP contribution in [-0.4, -0.2) is 14.9 Å². The molecule has 0 saturated carbocycles. The zero-order chi connectivity index (χ0) is 7.72. The van der Waals surface area contributed by atoms with E-state index in [1.54, 1.807) is 0 Å². The fourth-order valence-corrected chi connectivity index (χ4v) is 0.724. The summed E-state index contributed by atoms with van der Waals surface area (Å²) >= 11 is 4.57. The van der Waals surface area contributed by atoms with Crippen LogP contribution in [0, 0.1) is 4.77 Å². The molecule has 10 heavy (non-hydrogen) atoms. The van der Waals surface area contributed by atoms with E-state index in [1.165, 1.54) is 6.07 Å². The largest absolute Gasteiger partial charge is 0.424 e. The van der Waals surface area contributed by atoms with E-state index in [-0.39, 0.29) is 16.4 Å². The van der Waals surface area contributed by atoms with E-state index in [9.17, 15) is 0 Å². The lowest BCUT2D eigenvalue weighted by Crippen LogP contribution is -2.06. The number of anilines is 2. The highest BCUT2D eigenvalue weighted by Crippen LogP contribution is 2.03. The molecule has 0 unspecified atom stereocenters. The average Bonchev–Trinajstić information content (AvgIpc) is 1.82. The lowest BCUT2D eigenvalue weighted by molar-refractivity contribution is 0.183. The summed E-state index contributed by atoms with van der Waals surface area (Å²) in [6.07, 6.45) is 0. The average molecular weight is 158 g/mol. The van der Waals surface area contributed by atoms with Crippen molar-refractivity contribution in [3.63, 3.8) is 0 Å². The fraction of sp³-hybridized carbons (Fsp3) is 0. The molecule has 0 amide bonds. The quantitative estimate of drug-likeness (QED) is 0.365. The molecule has 5 N–H and O–H groups in total. The minimum atomic E-state index is -0.0440. The molecule has 5 nitrogen and oxygen atoms in total. The van der Waals surface area contributed by atoms with Crippen molar-refractivity contribution >= 4 is 23.9 Å². The van der Waals surface area contributed by atoms with Gasteiger partial charge in [0.05, 0.1) is 0 Å². The molecule has 0 fully saturated rings. The second-order valence-corrected chi connectivity index (χ2v) is 2.07. The van der Waals surface area contributed by atoms with Crippen LogP contribution in [0.3, 0.4) is 0 Å². The fourth-order valence-electron chi connectivity index (χ4n) is 0.513. The van der Waals surface area contributed by atoms with Gasteiger partial charge in [0, 0.05) is 6.07 Å². The molecule has 1 aromatic heterocycles. The number of nitrogen functional groups attached to an aromatic ring is 2. The zero-order valence-electron chi connectivity index (χ0n) is 4.98. The number of hydrogen-bond donors (Lipinski definition) is 3. The Morgan fingerprint density at radius 2 is 2.20 bits per heavy atom. The summed E-state index contributed by atoms with van der Waals surface area (Å²) in [5, 5.41) is 8.90. The van der Waals surface area contributed by atoms with Crippen molar-refractivity contribution in [1.82, 2.24) is 9.71 Å². The number of nitrogens with zero attached hydrogens (tertiary/aromatic N) is 2. The van der Waals surface area contributed by atoms with Gasteiger partial charge >= 0.3 is 0 Å². The smallest absolute Gasteiger partial charge is 0.237 e. The molecule has 0 aliphatic carbocycles. The van der Waals surface area contributed by atoms with Crippen LogP contribution in [0.15, 0.2) is 6.07 Å². The van der Waals surface area contributed by atoms with Crippen molar-refractivity contribution in [2.24, 2.45) is 0 Å². The third-order valence-corrected chi connectivity index (χ3v) is 1.21. The molecule has 1 rings (SSSR count). The van der Waals surface area contributed by atoms with E-state index < -0.39 is 0 Å². The minimum Gasteiger partial charge on any atom is -0.424 e. The summed E-state index contributed by atoms with van der Waals surface area (Å²) in [6, 6.07) is 1.32. The standard InChI is InChI=1S/C4H6N4OS/c5-2-1-3(6)8(9)4(10)7-2/h1,9H,6H2,(H2,5,7,10). The number of nitrogens with two attached hydrogens (primary N) is 2. The number of aromatic nitrogens is 2. The topological polar surface area (TPSA) is 90.1 Å². The molecule has 1 heterocycles. The third kappa shape index (κ3) is 1.01. The molecular formula is C4H6N4OS. The first-order chi connectivity index (χ1) is 4.61. The summed E-state index contributed by atoms with van der Waals surface area (Å²) in [5.41, 5.74) is 10.5. The molecule has 0 radical (unpaired) electrons. The first-order valence-electron chi connectivity index (χ1n) is 2.45. The van der Waals surface area contributed by atoms with E-state index >= 15 is 0 Å². The normalized spacial score (nSPS) is 9.60. The molecule has 0 aliphatic heterocycles. The summed E-state index contributed by atoms with van der Waals surface area (Å²) in [4.78, 5) is 3.56. The van der Waals surface area contributed by atoms with Crippen molar-refractivity contribution < 1.29 is 5.21 Å². The molecule has 0 saturated heterocycles. The van der Waals surface area contributed by atoms with Crippen LogP contribution in [-0.2, 0) is 0 Å². The number of rotatable bonds is 0. The highest BCUT2D eigenvalue weighted by molar-refractivity contribution is 7.71. The third-order valence-electron chi connectivity index (χ3n) is 0.946. The van der Waals surface area contributed by atoms with Gasteiger partial charge in [-0.3, -0.25) is 0 Å². The van der Waals surface area contributed by atoms with Crippen molar-refractivity contribution in [2.45, 2.75) is 0 Å². The molecule has 0 spiro atoms. The van der Waals surface area contributed by atoms with E-state index in [0.717, 1.165) is 0 Å². The molecule has 54 valence electrons. The SMILES string of the molecule is Nc1cc(N)n(O)c(=S)n1. The zero-order valence-corrected chi connectivity index (χ0v) is 5.80. The van der Waals surface area contributed by atoms with Crippen LogP contribution in [0.2, 0.25) is 0 Å². The van der Waals surface area contributed by atoms with Crippen molar-refractivity contribution in [2.75, 3.05) is 11.5 Å². The second kappa shape index (κ2) is 2.14. The van der Waals surface area contributed by atoms with Gasteiger partial charge in [-0.15, -0.1) is 4.73 Å². The van der Waals surface area contributed by atoms with Gasteiger partial charge in [0.1, 0.15) is 11.6 Å². The van der Waals surface area contributed by atoms with Crippen LogP contribution in [0.1, 0.15) is 0 Å². The second-order valence-electron chi connectivity index (χ2n) is 1.70. The maximum atomic E-state index is 8.90. The molecular weight excluding hydrogens is 152 g/mol. The Labute approximate surface area is 61.9 Å². The highest BCUT2D eigenvalue weighted by Gasteiger charge is 1.96. The molecule has 0 aliphatic rings. The van der Waals surface area contributed by atoms with Crippen molar-refractivity contribution in [3.05, 3.63) is 10.8 Å². The van der Waals surface area contributed by atoms with Gasteiger partial charge in [-0.05, 0) is 12.2 Å². The first-order valence-corrected chi connectivity index (χ1v) is 2.86. The lowest BCUT2D eigenvalue weighted by atomic mass is 10.5. The van der Waals surface area contributed by atoms with Crippen LogP contribution < -0.4 is 11.5 Å². The highest BCUT2D eigenvalue weighted by atomic mass is 32.1. The summed E-state index contributed by atoms with van der Waals surface area (Å²) in [5.74, 6) is 0.283. The van der Waals surface area contributed by atoms with Gasteiger partial charge in [0.2, 0.25) is 4.77 Å². The summed E-state index contributed by atoms with van der Waals surface area (Å²) < 4.78 is 0.545. The molecule has 1 aromatic rings. The monoisotopic (exact) mass is 158 g/mol. The van der Waals surface area contributed by atoms with E-state index in [4.69, 9.17) is 16.7 Å². The minimum absolute atomic E-state index is 0.0440. The predicted octanol–water partition coefficient (Wildman–Crippen LogP) is 0.0143. The Kier molecular flexibility index (Phi) is 1.46. The van der Waals surface area contributed by atoms with Crippen LogP contribution in [0.5, 0.6) is 0 Å². The Hall–Kier alpha value is -1.30. The Morgan fingerprint density at radius 1 is 1.60 bits per heavy atom. The Balaban J connectivity index is 3.46. The van der Waals surface area contributed by atoms with E-state index in [1.807, 2.05) is 0 Å². The van der Waals surface area contributed by atoms with Gasteiger partial charge in [-0.25, -0.2) is 4.98 Å². The van der Waals surface area contributed by atoms with Crippen LogP contribution in [0.4, 0.5) is 11.6 Å². The van der Waals surface area contributed by atoms with Crippen LogP contribution >= 0.6 is 12.2 Å². The maximum Gasteiger partial charge on any atom is 0.237 e. The summed E-state index contributed by atoms with van der Waals surface area (Å²) in [6.45, 7) is 0. The Morgan fingerprint density at radius 3 is 2.70 bits per heavy atom. The molecule has 6 heteroatoms. The van der Waals surface area contributed by atoms with Gasteiger partial charge in [0.15, 0.2) is 0 Å². The van der Waals surface area contributed by atoms with E-state index in [0.29, 0.717) is 4.73 Å². The molecule has 0 atom stereocenters. The predicted molar refractivity (Wildman–Crippen MR) is 39.1 cm³/mol. The van der Waals surface area contributed by atoms with Crippen molar-refractivity contribution in [3.8, 4) is 0 Å². The summed E-state index contributed by atoms with van der Waals surface area (Å²) in [7, 11) is 0. The molecule has 0 bridgehead atoms. The molecule has 0 aromatic carbocycles. The van der Waals surface area contributed by atoms with E-state index in [2.05, 4.69) is 17.2 Å². The Bertz CT molecular complexity index is 307. The lowest BCUT2D eigenvalue weighted by Gasteiger charge is -2.00. The number of hydrogen-bond acceptors (Lipinski definition) is 5. The van der Waals surface area contributed by atoms with Gasteiger partial charge in [-0.1, -0.05) is 0 Å². The van der Waals surface area contributed by atoms with Gasteiger partial charge in [-0.2, -0.15) is 0 Å². The van der Waals surface area contributed by atoms with Crippen LogP contribution in [0.25, 0.3) is 0 Å². The maximum absolute atomic E-state index is 8.90. The first kappa shape index (κ1) is 6.81.